The number of carboxylic acid groups (broad SMARTS) is 1. The third kappa shape index (κ3) is 4.60. The Morgan fingerprint density at radius 2 is 2.10 bits per heavy atom. The summed E-state index contributed by atoms with van der Waals surface area (Å²) in [5.41, 5.74) is -2.56. The number of aryl methyl sites for hydroxylation is 1. The SMILES string of the molecule is Cc1nc(CSCC(=O)NC(C)(C(=O)O)C(F)(F)F)cs1. The maximum Gasteiger partial charge on any atom is 0.422 e. The first kappa shape index (κ1) is 17.8. The normalized spacial score (nSPS) is 14.5. The average molecular weight is 342 g/mol. The molecule has 1 aromatic heterocycles. The Morgan fingerprint density at radius 3 is 2.52 bits per heavy atom. The van der Waals surface area contributed by atoms with Crippen molar-refractivity contribution in [3.63, 3.8) is 0 Å². The summed E-state index contributed by atoms with van der Waals surface area (Å²) in [6.07, 6.45) is -5.08. The molecule has 0 spiro atoms. The first-order chi connectivity index (χ1) is 9.56. The number of carbonyl (C=O) groups is 2. The summed E-state index contributed by atoms with van der Waals surface area (Å²) < 4.78 is 38.1. The van der Waals surface area contributed by atoms with Crippen LogP contribution in [-0.4, -0.2) is 39.4 Å². The van der Waals surface area contributed by atoms with Gasteiger partial charge in [-0.2, -0.15) is 13.2 Å². The number of aliphatic carboxylic acids is 1. The molecule has 1 amide bonds. The van der Waals surface area contributed by atoms with Gasteiger partial charge in [-0.3, -0.25) is 4.79 Å². The van der Waals surface area contributed by atoms with E-state index in [4.69, 9.17) is 5.11 Å². The van der Waals surface area contributed by atoms with Crippen molar-refractivity contribution in [1.82, 2.24) is 10.3 Å². The van der Waals surface area contributed by atoms with Crippen LogP contribution < -0.4 is 5.32 Å². The fourth-order valence-electron chi connectivity index (χ4n) is 1.28. The number of hydrogen-bond acceptors (Lipinski definition) is 5. The maximum absolute atomic E-state index is 12.7. The van der Waals surface area contributed by atoms with E-state index in [0.29, 0.717) is 12.7 Å². The van der Waals surface area contributed by atoms with Crippen molar-refractivity contribution < 1.29 is 27.9 Å². The molecule has 1 aromatic rings. The summed E-state index contributed by atoms with van der Waals surface area (Å²) in [6, 6.07) is 0. The van der Waals surface area contributed by atoms with Gasteiger partial charge in [0.05, 0.1) is 16.5 Å². The largest absolute Gasteiger partial charge is 0.479 e. The van der Waals surface area contributed by atoms with Crippen LogP contribution in [0.25, 0.3) is 0 Å². The highest BCUT2D eigenvalue weighted by Crippen LogP contribution is 2.30. The lowest BCUT2D eigenvalue weighted by molar-refractivity contribution is -0.206. The van der Waals surface area contributed by atoms with E-state index in [1.807, 2.05) is 6.92 Å². The number of alkyl halides is 3. The third-order valence-corrected chi connectivity index (χ3v) is 4.32. The van der Waals surface area contributed by atoms with Gasteiger partial charge < -0.3 is 10.4 Å². The third-order valence-electron chi connectivity index (χ3n) is 2.53. The smallest absolute Gasteiger partial charge is 0.422 e. The second kappa shape index (κ2) is 6.65. The second-order valence-corrected chi connectivity index (χ2v) is 6.37. The number of hydrogen-bond donors (Lipinski definition) is 2. The Hall–Kier alpha value is -1.29. The number of nitrogens with one attached hydrogen (secondary N) is 1. The number of halogens is 3. The molecule has 0 radical (unpaired) electrons. The maximum atomic E-state index is 12.7. The number of carboxylic acids is 1. The van der Waals surface area contributed by atoms with E-state index in [1.165, 1.54) is 16.7 Å². The lowest BCUT2D eigenvalue weighted by atomic mass is 10.0. The Kier molecular flexibility index (Phi) is 5.62. The first-order valence-electron chi connectivity index (χ1n) is 5.66. The van der Waals surface area contributed by atoms with E-state index < -0.39 is 23.6 Å². The Labute approximate surface area is 126 Å². The van der Waals surface area contributed by atoms with Gasteiger partial charge in [-0.15, -0.1) is 23.1 Å². The van der Waals surface area contributed by atoms with Crippen molar-refractivity contribution in [3.8, 4) is 0 Å². The van der Waals surface area contributed by atoms with Crippen LogP contribution in [0.5, 0.6) is 0 Å². The van der Waals surface area contributed by atoms with Gasteiger partial charge in [0.2, 0.25) is 11.4 Å². The van der Waals surface area contributed by atoms with Crippen LogP contribution in [0.15, 0.2) is 5.38 Å². The molecular formula is C11H13F3N2O3S2. The first-order valence-corrected chi connectivity index (χ1v) is 7.69. The van der Waals surface area contributed by atoms with Crippen molar-refractivity contribution in [2.24, 2.45) is 0 Å². The zero-order valence-corrected chi connectivity index (χ0v) is 12.8. The number of aromatic nitrogens is 1. The predicted molar refractivity (Wildman–Crippen MR) is 73.3 cm³/mol. The second-order valence-electron chi connectivity index (χ2n) is 4.33. The number of rotatable bonds is 6. The van der Waals surface area contributed by atoms with Crippen LogP contribution in [0, 0.1) is 6.92 Å². The molecule has 1 atom stereocenters. The molecule has 0 bridgehead atoms. The van der Waals surface area contributed by atoms with Crippen molar-refractivity contribution in [2.45, 2.75) is 31.3 Å². The fourth-order valence-corrected chi connectivity index (χ4v) is 2.72. The van der Waals surface area contributed by atoms with E-state index >= 15 is 0 Å². The van der Waals surface area contributed by atoms with Crippen LogP contribution in [0.3, 0.4) is 0 Å². The van der Waals surface area contributed by atoms with Crippen molar-refractivity contribution in [1.29, 1.82) is 0 Å². The highest BCUT2D eigenvalue weighted by Gasteiger charge is 2.58. The summed E-state index contributed by atoms with van der Waals surface area (Å²) in [7, 11) is 0. The lowest BCUT2D eigenvalue weighted by Crippen LogP contribution is -2.62. The number of nitrogens with zero attached hydrogens (tertiary/aromatic N) is 1. The molecule has 118 valence electrons. The number of thioether (sulfide) groups is 1. The molecule has 0 fully saturated rings. The van der Waals surface area contributed by atoms with Crippen LogP contribution in [0.2, 0.25) is 0 Å². The molecule has 0 aliphatic carbocycles. The Balaban J connectivity index is 2.54. The number of thiazole rings is 1. The van der Waals surface area contributed by atoms with Gasteiger partial charge in [0.15, 0.2) is 0 Å². The Morgan fingerprint density at radius 1 is 1.48 bits per heavy atom. The summed E-state index contributed by atoms with van der Waals surface area (Å²) >= 11 is 2.49. The number of carbonyl (C=O) groups excluding carboxylic acids is 1. The highest BCUT2D eigenvalue weighted by atomic mass is 32.2. The molecule has 5 nitrogen and oxygen atoms in total. The quantitative estimate of drug-likeness (QED) is 0.829. The minimum atomic E-state index is -5.08. The summed E-state index contributed by atoms with van der Waals surface area (Å²) in [4.78, 5) is 26.4. The van der Waals surface area contributed by atoms with E-state index in [-0.39, 0.29) is 5.75 Å². The molecule has 0 aromatic carbocycles. The Bertz CT molecular complexity index is 533. The fraction of sp³-hybridized carbons (Fsp3) is 0.545. The molecule has 1 rings (SSSR count). The summed E-state index contributed by atoms with van der Waals surface area (Å²) in [5.74, 6) is -3.05. The minimum Gasteiger partial charge on any atom is -0.479 e. The monoisotopic (exact) mass is 342 g/mol. The van der Waals surface area contributed by atoms with Crippen molar-refractivity contribution in [3.05, 3.63) is 16.1 Å². The molecule has 1 unspecified atom stereocenters. The highest BCUT2D eigenvalue weighted by molar-refractivity contribution is 7.99. The van der Waals surface area contributed by atoms with Crippen LogP contribution in [0.4, 0.5) is 13.2 Å². The molecule has 0 saturated heterocycles. The molecule has 0 aliphatic heterocycles. The van der Waals surface area contributed by atoms with E-state index in [1.54, 1.807) is 5.38 Å². The van der Waals surface area contributed by atoms with Gasteiger partial charge in [0.1, 0.15) is 0 Å². The zero-order chi connectivity index (χ0) is 16.3. The lowest BCUT2D eigenvalue weighted by Gasteiger charge is -2.28. The average Bonchev–Trinajstić information content (AvgIpc) is 2.73. The van der Waals surface area contributed by atoms with E-state index in [0.717, 1.165) is 22.5 Å². The standard InChI is InChI=1S/C11H13F3N2O3S2/c1-6-15-7(4-21-6)3-20-5-8(17)16-10(2,9(18)19)11(12,13)14/h4H,3,5H2,1-2H3,(H,16,17)(H,18,19). The van der Waals surface area contributed by atoms with Gasteiger partial charge in [0, 0.05) is 11.1 Å². The molecule has 0 aliphatic rings. The van der Waals surface area contributed by atoms with Gasteiger partial charge >= 0.3 is 12.1 Å². The van der Waals surface area contributed by atoms with Gasteiger partial charge in [-0.25, -0.2) is 9.78 Å². The van der Waals surface area contributed by atoms with Crippen molar-refractivity contribution >= 4 is 35.0 Å². The molecule has 21 heavy (non-hydrogen) atoms. The molecular weight excluding hydrogens is 329 g/mol. The predicted octanol–water partition coefficient (Wildman–Crippen LogP) is 2.21. The summed E-state index contributed by atoms with van der Waals surface area (Å²) in [5, 5.41) is 12.8. The minimum absolute atomic E-state index is 0.282. The molecule has 2 N–H and O–H groups in total. The molecule has 1 heterocycles. The van der Waals surface area contributed by atoms with Crippen LogP contribution in [-0.2, 0) is 15.3 Å². The van der Waals surface area contributed by atoms with E-state index in [9.17, 15) is 22.8 Å². The van der Waals surface area contributed by atoms with Gasteiger partial charge in [-0.05, 0) is 13.8 Å². The van der Waals surface area contributed by atoms with Crippen molar-refractivity contribution in [2.75, 3.05) is 5.75 Å². The number of amides is 1. The molecule has 0 saturated carbocycles. The topological polar surface area (TPSA) is 79.3 Å². The van der Waals surface area contributed by atoms with Crippen LogP contribution >= 0.6 is 23.1 Å². The van der Waals surface area contributed by atoms with Crippen LogP contribution in [0.1, 0.15) is 17.6 Å². The van der Waals surface area contributed by atoms with Gasteiger partial charge in [0.25, 0.3) is 0 Å². The molecule has 10 heteroatoms. The zero-order valence-electron chi connectivity index (χ0n) is 11.2. The van der Waals surface area contributed by atoms with E-state index in [2.05, 4.69) is 4.98 Å². The summed E-state index contributed by atoms with van der Waals surface area (Å²) in [6.45, 7) is 2.23. The van der Waals surface area contributed by atoms with Gasteiger partial charge in [-0.1, -0.05) is 0 Å².